The number of ether oxygens (including phenoxy) is 1. The standard InChI is InChI=1S/C24H19FN2O2/c1-17-6-2-5-9-23(17)27-24(28)20(15-26)14-18-10-12-21(13-11-18)29-16-19-7-3-4-8-22(19)25/h2-14H,16H2,1H3,(H,27,28)/b20-14-. The van der Waals surface area contributed by atoms with E-state index in [2.05, 4.69) is 5.32 Å². The number of carbonyl (C=O) groups excluding carboxylic acids is 1. The molecule has 0 spiro atoms. The Morgan fingerprint density at radius 1 is 1.07 bits per heavy atom. The zero-order valence-corrected chi connectivity index (χ0v) is 15.9. The van der Waals surface area contributed by atoms with E-state index in [4.69, 9.17) is 4.74 Å². The van der Waals surface area contributed by atoms with E-state index < -0.39 is 5.91 Å². The number of carbonyl (C=O) groups is 1. The van der Waals surface area contributed by atoms with Crippen LogP contribution < -0.4 is 10.1 Å². The van der Waals surface area contributed by atoms with Gasteiger partial charge >= 0.3 is 0 Å². The van der Waals surface area contributed by atoms with Gasteiger partial charge in [0.2, 0.25) is 0 Å². The van der Waals surface area contributed by atoms with Crippen LogP contribution in [0.5, 0.6) is 5.75 Å². The van der Waals surface area contributed by atoms with Crippen molar-refractivity contribution in [3.63, 3.8) is 0 Å². The number of anilines is 1. The summed E-state index contributed by atoms with van der Waals surface area (Å²) in [6.07, 6.45) is 1.51. The van der Waals surface area contributed by atoms with Gasteiger partial charge in [-0.3, -0.25) is 4.79 Å². The van der Waals surface area contributed by atoms with Crippen molar-refractivity contribution in [2.24, 2.45) is 0 Å². The highest BCUT2D eigenvalue weighted by atomic mass is 19.1. The quantitative estimate of drug-likeness (QED) is 0.464. The molecule has 0 unspecified atom stereocenters. The Morgan fingerprint density at radius 2 is 1.76 bits per heavy atom. The zero-order valence-electron chi connectivity index (χ0n) is 15.9. The summed E-state index contributed by atoms with van der Waals surface area (Å²) in [5.74, 6) is -0.222. The summed E-state index contributed by atoms with van der Waals surface area (Å²) in [4.78, 5) is 12.4. The van der Waals surface area contributed by atoms with E-state index in [9.17, 15) is 14.4 Å². The average molecular weight is 386 g/mol. The largest absolute Gasteiger partial charge is 0.489 e. The van der Waals surface area contributed by atoms with Crippen LogP contribution in [0.4, 0.5) is 10.1 Å². The van der Waals surface area contributed by atoms with Gasteiger partial charge in [0.25, 0.3) is 5.91 Å². The molecule has 5 heteroatoms. The molecule has 1 N–H and O–H groups in total. The number of para-hydroxylation sites is 1. The molecule has 0 bridgehead atoms. The predicted octanol–water partition coefficient (Wildman–Crippen LogP) is 5.26. The lowest BCUT2D eigenvalue weighted by atomic mass is 10.1. The first-order chi connectivity index (χ1) is 14.1. The Kier molecular flexibility index (Phi) is 6.39. The van der Waals surface area contributed by atoms with E-state index in [0.717, 1.165) is 5.56 Å². The number of aryl methyl sites for hydroxylation is 1. The van der Waals surface area contributed by atoms with Crippen molar-refractivity contribution in [1.82, 2.24) is 0 Å². The van der Waals surface area contributed by atoms with E-state index >= 15 is 0 Å². The normalized spacial score (nSPS) is 10.9. The van der Waals surface area contributed by atoms with Crippen molar-refractivity contribution in [2.45, 2.75) is 13.5 Å². The fourth-order valence-corrected chi connectivity index (χ4v) is 2.65. The van der Waals surface area contributed by atoms with E-state index in [0.29, 0.717) is 22.6 Å². The number of nitrogens with zero attached hydrogens (tertiary/aromatic N) is 1. The van der Waals surface area contributed by atoms with E-state index in [1.54, 1.807) is 48.5 Å². The first kappa shape index (κ1) is 19.8. The molecular formula is C24H19FN2O2. The van der Waals surface area contributed by atoms with Gasteiger partial charge < -0.3 is 10.1 Å². The molecule has 0 aliphatic rings. The third-order valence-corrected chi connectivity index (χ3v) is 4.30. The second-order valence-corrected chi connectivity index (χ2v) is 6.39. The Labute approximate surface area is 168 Å². The molecule has 0 atom stereocenters. The summed E-state index contributed by atoms with van der Waals surface area (Å²) < 4.78 is 19.2. The molecule has 0 saturated heterocycles. The van der Waals surface area contributed by atoms with Crippen molar-refractivity contribution in [3.05, 3.63) is 101 Å². The van der Waals surface area contributed by atoms with Gasteiger partial charge in [0.1, 0.15) is 29.8 Å². The Hall–Kier alpha value is -3.91. The van der Waals surface area contributed by atoms with Crippen LogP contribution in [0.3, 0.4) is 0 Å². The lowest BCUT2D eigenvalue weighted by molar-refractivity contribution is -0.112. The number of halogens is 1. The monoisotopic (exact) mass is 386 g/mol. The fraction of sp³-hybridized carbons (Fsp3) is 0.0833. The number of hydrogen-bond donors (Lipinski definition) is 1. The molecule has 3 rings (SSSR count). The van der Waals surface area contributed by atoms with Crippen molar-refractivity contribution in [3.8, 4) is 11.8 Å². The molecule has 3 aromatic rings. The maximum Gasteiger partial charge on any atom is 0.266 e. The van der Waals surface area contributed by atoms with Gasteiger partial charge in [-0.1, -0.05) is 48.5 Å². The Balaban J connectivity index is 1.67. The highest BCUT2D eigenvalue weighted by Gasteiger charge is 2.10. The second-order valence-electron chi connectivity index (χ2n) is 6.39. The molecule has 0 heterocycles. The Bertz CT molecular complexity index is 1080. The molecule has 4 nitrogen and oxygen atoms in total. The molecule has 0 radical (unpaired) electrons. The van der Waals surface area contributed by atoms with Crippen LogP contribution in [0, 0.1) is 24.1 Å². The second kappa shape index (κ2) is 9.34. The van der Waals surface area contributed by atoms with Crippen LogP contribution in [0.1, 0.15) is 16.7 Å². The lowest BCUT2D eigenvalue weighted by Gasteiger charge is -2.08. The molecular weight excluding hydrogens is 367 g/mol. The summed E-state index contributed by atoms with van der Waals surface area (Å²) in [6, 6.07) is 22.6. The van der Waals surface area contributed by atoms with Gasteiger partial charge in [0.15, 0.2) is 0 Å². The molecule has 0 aromatic heterocycles. The van der Waals surface area contributed by atoms with E-state index in [1.807, 2.05) is 31.2 Å². The number of rotatable bonds is 6. The minimum Gasteiger partial charge on any atom is -0.489 e. The maximum atomic E-state index is 13.6. The summed E-state index contributed by atoms with van der Waals surface area (Å²) in [5.41, 5.74) is 2.72. The lowest BCUT2D eigenvalue weighted by Crippen LogP contribution is -2.14. The molecule has 3 aromatic carbocycles. The van der Waals surface area contributed by atoms with Gasteiger partial charge in [-0.25, -0.2) is 4.39 Å². The Morgan fingerprint density at radius 3 is 2.45 bits per heavy atom. The van der Waals surface area contributed by atoms with Crippen LogP contribution in [-0.2, 0) is 11.4 Å². The summed E-state index contributed by atoms with van der Waals surface area (Å²) in [5, 5.41) is 12.1. The van der Waals surface area contributed by atoms with Gasteiger partial charge in [-0.05, 0) is 48.4 Å². The number of nitriles is 1. The van der Waals surface area contributed by atoms with Gasteiger partial charge in [-0.15, -0.1) is 0 Å². The van der Waals surface area contributed by atoms with Gasteiger partial charge in [-0.2, -0.15) is 5.26 Å². The summed E-state index contributed by atoms with van der Waals surface area (Å²) >= 11 is 0. The number of benzene rings is 3. The molecule has 1 amide bonds. The third kappa shape index (κ3) is 5.30. The number of amides is 1. The minimum atomic E-state index is -0.471. The van der Waals surface area contributed by atoms with Crippen molar-refractivity contribution in [2.75, 3.05) is 5.32 Å². The van der Waals surface area contributed by atoms with Gasteiger partial charge in [0, 0.05) is 11.3 Å². The molecule has 0 aliphatic carbocycles. The van der Waals surface area contributed by atoms with Crippen molar-refractivity contribution in [1.29, 1.82) is 5.26 Å². The topological polar surface area (TPSA) is 62.1 Å². The first-order valence-electron chi connectivity index (χ1n) is 9.02. The summed E-state index contributed by atoms with van der Waals surface area (Å²) in [6.45, 7) is 2.00. The number of hydrogen-bond acceptors (Lipinski definition) is 3. The molecule has 0 aliphatic heterocycles. The van der Waals surface area contributed by atoms with Crippen LogP contribution in [0.15, 0.2) is 78.4 Å². The average Bonchev–Trinajstić information content (AvgIpc) is 2.74. The highest BCUT2D eigenvalue weighted by Crippen LogP contribution is 2.18. The molecule has 0 saturated carbocycles. The number of nitrogens with one attached hydrogen (secondary N) is 1. The minimum absolute atomic E-state index is 0.00622. The third-order valence-electron chi connectivity index (χ3n) is 4.30. The molecule has 29 heavy (non-hydrogen) atoms. The first-order valence-corrected chi connectivity index (χ1v) is 9.02. The summed E-state index contributed by atoms with van der Waals surface area (Å²) in [7, 11) is 0. The van der Waals surface area contributed by atoms with Crippen LogP contribution in [0.25, 0.3) is 6.08 Å². The smallest absolute Gasteiger partial charge is 0.266 e. The van der Waals surface area contributed by atoms with Crippen LogP contribution in [-0.4, -0.2) is 5.91 Å². The predicted molar refractivity (Wildman–Crippen MR) is 111 cm³/mol. The highest BCUT2D eigenvalue weighted by molar-refractivity contribution is 6.09. The van der Waals surface area contributed by atoms with Gasteiger partial charge in [0.05, 0.1) is 0 Å². The van der Waals surface area contributed by atoms with Crippen molar-refractivity contribution >= 4 is 17.7 Å². The van der Waals surface area contributed by atoms with Crippen molar-refractivity contribution < 1.29 is 13.9 Å². The SMILES string of the molecule is Cc1ccccc1NC(=O)/C(C#N)=C\c1ccc(OCc2ccccc2F)cc1. The van der Waals surface area contributed by atoms with Crippen LogP contribution >= 0.6 is 0 Å². The zero-order chi connectivity index (χ0) is 20.6. The van der Waals surface area contributed by atoms with E-state index in [-0.39, 0.29) is 18.0 Å². The molecule has 144 valence electrons. The maximum absolute atomic E-state index is 13.6. The van der Waals surface area contributed by atoms with E-state index in [1.165, 1.54) is 12.1 Å². The fourth-order valence-electron chi connectivity index (χ4n) is 2.65. The molecule has 0 fully saturated rings. The van der Waals surface area contributed by atoms with Crippen LogP contribution in [0.2, 0.25) is 0 Å².